The molecule has 0 bridgehead atoms. The van der Waals surface area contributed by atoms with Gasteiger partial charge in [0.05, 0.1) is 29.5 Å². The molecule has 2 aromatic heterocycles. The molecule has 2 heterocycles. The molecule has 7 heteroatoms. The smallest absolute Gasteiger partial charge is 0.277 e. The minimum atomic E-state index is -0.518. The highest BCUT2D eigenvalue weighted by Gasteiger charge is 2.15. The summed E-state index contributed by atoms with van der Waals surface area (Å²) >= 11 is 0. The summed E-state index contributed by atoms with van der Waals surface area (Å²) in [6.45, 7) is 0.343. The fourth-order valence-electron chi connectivity index (χ4n) is 3.64. The zero-order chi connectivity index (χ0) is 21.4. The molecule has 0 saturated carbocycles. The number of para-hydroxylation sites is 1. The van der Waals surface area contributed by atoms with E-state index in [2.05, 4.69) is 10.4 Å². The van der Waals surface area contributed by atoms with E-state index in [1.807, 2.05) is 30.3 Å². The van der Waals surface area contributed by atoms with Gasteiger partial charge < -0.3 is 9.88 Å². The molecule has 0 aliphatic rings. The molecule has 3 aromatic carbocycles. The van der Waals surface area contributed by atoms with E-state index >= 15 is 0 Å². The second-order valence-electron chi connectivity index (χ2n) is 7.14. The van der Waals surface area contributed by atoms with Gasteiger partial charge in [0.25, 0.3) is 11.5 Å². The topological polar surface area (TPSA) is 68.4 Å². The van der Waals surface area contributed by atoms with Crippen molar-refractivity contribution in [2.75, 3.05) is 5.32 Å². The predicted molar refractivity (Wildman–Crippen MR) is 117 cm³/mol. The minimum Gasteiger partial charge on any atom is -0.319 e. The van der Waals surface area contributed by atoms with Crippen molar-refractivity contribution in [1.29, 1.82) is 0 Å². The maximum atomic E-state index is 13.9. The summed E-state index contributed by atoms with van der Waals surface area (Å²) in [5.74, 6) is -0.984. The molecular weight excluding hydrogens is 395 g/mol. The van der Waals surface area contributed by atoms with Gasteiger partial charge in [-0.1, -0.05) is 42.5 Å². The summed E-state index contributed by atoms with van der Waals surface area (Å²) in [6.07, 6.45) is 1.57. The van der Waals surface area contributed by atoms with Crippen molar-refractivity contribution >= 4 is 28.1 Å². The van der Waals surface area contributed by atoms with Crippen molar-refractivity contribution in [2.24, 2.45) is 0 Å². The zero-order valence-corrected chi connectivity index (χ0v) is 16.3. The van der Waals surface area contributed by atoms with Crippen LogP contribution in [0.4, 0.5) is 10.1 Å². The van der Waals surface area contributed by atoms with Gasteiger partial charge in [-0.2, -0.15) is 5.10 Å². The molecule has 0 aliphatic carbocycles. The number of nitrogens with zero attached hydrogens (tertiary/aromatic N) is 3. The van der Waals surface area contributed by atoms with Gasteiger partial charge in [-0.3, -0.25) is 9.59 Å². The van der Waals surface area contributed by atoms with Gasteiger partial charge in [0.1, 0.15) is 11.3 Å². The van der Waals surface area contributed by atoms with Gasteiger partial charge in [-0.05, 0) is 42.0 Å². The van der Waals surface area contributed by atoms with Crippen molar-refractivity contribution in [2.45, 2.75) is 6.54 Å². The lowest BCUT2D eigenvalue weighted by Gasteiger charge is -2.14. The van der Waals surface area contributed by atoms with Gasteiger partial charge in [0.15, 0.2) is 0 Å². The molecule has 6 nitrogen and oxygen atoms in total. The highest BCUT2D eigenvalue weighted by atomic mass is 19.1. The number of hydrogen-bond acceptors (Lipinski definition) is 3. The molecule has 0 radical (unpaired) electrons. The van der Waals surface area contributed by atoms with E-state index in [1.54, 1.807) is 51.7 Å². The molecule has 0 saturated heterocycles. The molecule has 5 rings (SSSR count). The number of halogens is 1. The number of aromatic nitrogens is 3. The molecule has 1 amide bonds. The van der Waals surface area contributed by atoms with Gasteiger partial charge >= 0.3 is 0 Å². The predicted octanol–water partition coefficient (Wildman–Crippen LogP) is 4.09. The lowest BCUT2D eigenvalue weighted by atomic mass is 10.1. The second kappa shape index (κ2) is 7.53. The molecular formula is C24H17FN4O2. The van der Waals surface area contributed by atoms with Gasteiger partial charge in [-0.25, -0.2) is 8.91 Å². The summed E-state index contributed by atoms with van der Waals surface area (Å²) < 4.78 is 17.1. The third-order valence-electron chi connectivity index (χ3n) is 5.17. The highest BCUT2D eigenvalue weighted by molar-refractivity contribution is 6.06. The molecule has 31 heavy (non-hydrogen) atoms. The first-order valence-electron chi connectivity index (χ1n) is 9.72. The van der Waals surface area contributed by atoms with Crippen LogP contribution >= 0.6 is 0 Å². The van der Waals surface area contributed by atoms with Crippen molar-refractivity contribution < 1.29 is 9.18 Å². The Morgan fingerprint density at radius 3 is 2.48 bits per heavy atom. The third kappa shape index (κ3) is 3.36. The van der Waals surface area contributed by atoms with E-state index in [4.69, 9.17) is 0 Å². The van der Waals surface area contributed by atoms with Crippen LogP contribution in [0.5, 0.6) is 0 Å². The second-order valence-corrected chi connectivity index (χ2v) is 7.14. The number of fused-ring (bicyclic) bond motifs is 3. The quantitative estimate of drug-likeness (QED) is 0.484. The summed E-state index contributed by atoms with van der Waals surface area (Å²) in [6, 6.07) is 22.3. The summed E-state index contributed by atoms with van der Waals surface area (Å²) in [5, 5.41) is 6.85. The lowest BCUT2D eigenvalue weighted by Crippen LogP contribution is -2.24. The van der Waals surface area contributed by atoms with Crippen LogP contribution in [0.25, 0.3) is 16.6 Å². The zero-order valence-electron chi connectivity index (χ0n) is 16.3. The molecule has 0 aliphatic heterocycles. The fourth-order valence-corrected chi connectivity index (χ4v) is 3.64. The van der Waals surface area contributed by atoms with Gasteiger partial charge in [0.2, 0.25) is 0 Å². The Balaban J connectivity index is 1.65. The van der Waals surface area contributed by atoms with Crippen LogP contribution in [0, 0.1) is 5.82 Å². The summed E-state index contributed by atoms with van der Waals surface area (Å²) in [5.41, 5.74) is 2.85. The van der Waals surface area contributed by atoms with Crippen LogP contribution in [-0.2, 0) is 6.54 Å². The Morgan fingerprint density at radius 2 is 1.68 bits per heavy atom. The van der Waals surface area contributed by atoms with Gasteiger partial charge in [-0.15, -0.1) is 0 Å². The first kappa shape index (κ1) is 18.7. The van der Waals surface area contributed by atoms with Crippen molar-refractivity contribution in [3.63, 3.8) is 0 Å². The summed E-state index contributed by atoms with van der Waals surface area (Å²) in [7, 11) is 0. The Kier molecular flexibility index (Phi) is 4.55. The number of carbonyl (C=O) groups excluding carboxylic acids is 1. The minimum absolute atomic E-state index is 0.0943. The maximum absolute atomic E-state index is 13.9. The van der Waals surface area contributed by atoms with Crippen LogP contribution < -0.4 is 10.9 Å². The number of carbonyl (C=O) groups is 1. The maximum Gasteiger partial charge on any atom is 0.277 e. The molecule has 0 spiro atoms. The fraction of sp³-hybridized carbons (Fsp3) is 0.0417. The number of benzene rings is 3. The normalized spacial score (nSPS) is 11.1. The Labute approximate surface area is 176 Å². The largest absolute Gasteiger partial charge is 0.319 e. The average molecular weight is 412 g/mol. The Hall–Kier alpha value is -4.26. The van der Waals surface area contributed by atoms with E-state index in [1.165, 1.54) is 12.1 Å². The number of hydrogen-bond donors (Lipinski definition) is 1. The average Bonchev–Trinajstić information content (AvgIpc) is 3.29. The van der Waals surface area contributed by atoms with E-state index in [-0.39, 0.29) is 11.2 Å². The highest BCUT2D eigenvalue weighted by Crippen LogP contribution is 2.20. The first-order valence-corrected chi connectivity index (χ1v) is 9.72. The lowest BCUT2D eigenvalue weighted by molar-refractivity contribution is 0.102. The van der Waals surface area contributed by atoms with E-state index in [0.717, 1.165) is 5.56 Å². The third-order valence-corrected chi connectivity index (χ3v) is 5.17. The standard InChI is InChI=1S/C24H17FN4O2/c25-18-8-4-5-9-19(18)27-23(30)17-10-11-20-22(14-17)28(15-16-6-2-1-3-7-16)24(31)21-12-13-26-29(20)21/h1-14H,15H2,(H,27,30). The Bertz CT molecular complexity index is 1490. The van der Waals surface area contributed by atoms with Crippen molar-refractivity contribution in [3.8, 4) is 0 Å². The monoisotopic (exact) mass is 412 g/mol. The SMILES string of the molecule is O=C(Nc1ccccc1F)c1ccc2c(c1)n(Cc1ccccc1)c(=O)c1ccnn12. The number of amides is 1. The van der Waals surface area contributed by atoms with Crippen LogP contribution in [0.3, 0.4) is 0 Å². The molecule has 152 valence electrons. The first-order chi connectivity index (χ1) is 15.1. The molecule has 0 fully saturated rings. The molecule has 5 aromatic rings. The number of anilines is 1. The van der Waals surface area contributed by atoms with Crippen LogP contribution in [0.2, 0.25) is 0 Å². The van der Waals surface area contributed by atoms with Crippen LogP contribution in [0.15, 0.2) is 89.9 Å². The van der Waals surface area contributed by atoms with E-state index < -0.39 is 11.7 Å². The van der Waals surface area contributed by atoms with Crippen LogP contribution in [-0.4, -0.2) is 20.1 Å². The van der Waals surface area contributed by atoms with E-state index in [0.29, 0.717) is 28.7 Å². The van der Waals surface area contributed by atoms with Crippen LogP contribution in [0.1, 0.15) is 15.9 Å². The molecule has 1 N–H and O–H groups in total. The summed E-state index contributed by atoms with van der Waals surface area (Å²) in [4.78, 5) is 26.0. The van der Waals surface area contributed by atoms with Crippen molar-refractivity contribution in [1.82, 2.24) is 14.2 Å². The Morgan fingerprint density at radius 1 is 0.903 bits per heavy atom. The van der Waals surface area contributed by atoms with Crippen molar-refractivity contribution in [3.05, 3.63) is 112 Å². The van der Waals surface area contributed by atoms with E-state index in [9.17, 15) is 14.0 Å². The number of rotatable bonds is 4. The molecule has 0 atom stereocenters. The molecule has 0 unspecified atom stereocenters. The van der Waals surface area contributed by atoms with Gasteiger partial charge in [0, 0.05) is 5.56 Å². The number of nitrogens with one attached hydrogen (secondary N) is 1.